The molecule has 1 N–H and O–H groups in total. The van der Waals surface area contributed by atoms with Crippen LogP contribution in [-0.2, 0) is 19.1 Å². The van der Waals surface area contributed by atoms with Crippen molar-refractivity contribution in [2.45, 2.75) is 0 Å². The minimum atomic E-state index is -1.08. The number of esters is 2. The number of hydrogen-bond donors (Lipinski definition) is 1. The number of nitro benzene ring substituents is 1. The predicted octanol–water partition coefficient (Wildman–Crippen LogP) is 1.21. The largest absolute Gasteiger partial charge is 0.506 e. The van der Waals surface area contributed by atoms with Gasteiger partial charge in [-0.2, -0.15) is 0 Å². The molecule has 0 bridgehead atoms. The number of carbonyl (C=O) groups excluding carboxylic acids is 2. The summed E-state index contributed by atoms with van der Waals surface area (Å²) >= 11 is 0. The number of hydrogen-bond acceptors (Lipinski definition) is 7. The Kier molecular flexibility index (Phi) is 4.79. The number of aliphatic hydroxyl groups is 1. The highest BCUT2D eigenvalue weighted by atomic mass is 16.6. The molecule has 0 aliphatic carbocycles. The van der Waals surface area contributed by atoms with Gasteiger partial charge in [0, 0.05) is 17.7 Å². The molecule has 0 unspecified atom stereocenters. The van der Waals surface area contributed by atoms with Gasteiger partial charge in [-0.1, -0.05) is 0 Å². The van der Waals surface area contributed by atoms with Gasteiger partial charge in [-0.25, -0.2) is 9.59 Å². The van der Waals surface area contributed by atoms with E-state index in [9.17, 15) is 24.8 Å². The van der Waals surface area contributed by atoms with Crippen LogP contribution >= 0.6 is 0 Å². The van der Waals surface area contributed by atoms with E-state index in [1.165, 1.54) is 12.1 Å². The summed E-state index contributed by atoms with van der Waals surface area (Å²) in [5.74, 6) is -2.83. The zero-order valence-electron chi connectivity index (χ0n) is 10.7. The van der Waals surface area contributed by atoms with Gasteiger partial charge in [0.1, 0.15) is 5.76 Å². The molecule has 0 heterocycles. The molecule has 106 valence electrons. The maximum Gasteiger partial charge on any atom is 0.349 e. The molecule has 0 aliphatic heterocycles. The Morgan fingerprint density at radius 2 is 1.55 bits per heavy atom. The lowest BCUT2D eigenvalue weighted by Crippen LogP contribution is -2.18. The van der Waals surface area contributed by atoms with Gasteiger partial charge >= 0.3 is 11.9 Å². The maximum atomic E-state index is 11.5. The van der Waals surface area contributed by atoms with Crippen LogP contribution in [0.2, 0.25) is 0 Å². The van der Waals surface area contributed by atoms with Crippen LogP contribution in [-0.4, -0.2) is 36.2 Å². The molecule has 0 amide bonds. The Balaban J connectivity index is 3.31. The number of rotatable bonds is 4. The summed E-state index contributed by atoms with van der Waals surface area (Å²) < 4.78 is 8.75. The fourth-order valence-corrected chi connectivity index (χ4v) is 1.37. The third kappa shape index (κ3) is 3.10. The van der Waals surface area contributed by atoms with Crippen molar-refractivity contribution in [2.24, 2.45) is 0 Å². The molecule has 0 saturated carbocycles. The smallest absolute Gasteiger partial charge is 0.349 e. The Hall–Kier alpha value is -2.90. The third-order valence-corrected chi connectivity index (χ3v) is 2.37. The zero-order chi connectivity index (χ0) is 15.3. The van der Waals surface area contributed by atoms with Gasteiger partial charge in [-0.15, -0.1) is 0 Å². The van der Waals surface area contributed by atoms with Crippen molar-refractivity contribution in [3.05, 3.63) is 45.5 Å². The standard InChI is InChI=1S/C12H11NO7/c1-19-11(15)9(12(16)20-2)10(14)7-3-5-8(6-4-7)13(17)18/h3-6,14H,1-2H3. The highest BCUT2D eigenvalue weighted by Gasteiger charge is 2.26. The van der Waals surface area contributed by atoms with E-state index in [1.54, 1.807) is 0 Å². The van der Waals surface area contributed by atoms with E-state index < -0.39 is 28.2 Å². The molecule has 0 fully saturated rings. The van der Waals surface area contributed by atoms with E-state index in [0.29, 0.717) is 0 Å². The Labute approximate surface area is 113 Å². The second-order valence-corrected chi connectivity index (χ2v) is 3.51. The Bertz CT molecular complexity index is 556. The Morgan fingerprint density at radius 3 is 1.90 bits per heavy atom. The first-order valence-electron chi connectivity index (χ1n) is 5.27. The van der Waals surface area contributed by atoms with E-state index in [-0.39, 0.29) is 11.3 Å². The fourth-order valence-electron chi connectivity index (χ4n) is 1.37. The van der Waals surface area contributed by atoms with Crippen LogP contribution in [0.1, 0.15) is 5.56 Å². The summed E-state index contributed by atoms with van der Waals surface area (Å²) in [6.07, 6.45) is 0. The minimum absolute atomic E-state index is 0.0430. The van der Waals surface area contributed by atoms with E-state index in [2.05, 4.69) is 9.47 Å². The first-order chi connectivity index (χ1) is 9.42. The Morgan fingerprint density at radius 1 is 1.10 bits per heavy atom. The molecule has 20 heavy (non-hydrogen) atoms. The molecule has 8 heteroatoms. The number of aliphatic hydroxyl groups excluding tert-OH is 1. The molecular weight excluding hydrogens is 270 g/mol. The molecule has 1 aromatic rings. The topological polar surface area (TPSA) is 116 Å². The molecule has 0 spiro atoms. The van der Waals surface area contributed by atoms with Gasteiger partial charge in [-0.05, 0) is 12.1 Å². The quantitative estimate of drug-likeness (QED) is 0.168. The number of carbonyl (C=O) groups is 2. The zero-order valence-corrected chi connectivity index (χ0v) is 10.7. The number of ether oxygens (including phenoxy) is 2. The SMILES string of the molecule is COC(=O)C(C(=O)OC)=C(O)c1ccc([N+](=O)[O-])cc1. The third-order valence-electron chi connectivity index (χ3n) is 2.37. The van der Waals surface area contributed by atoms with Crippen molar-refractivity contribution >= 4 is 23.4 Å². The van der Waals surface area contributed by atoms with Gasteiger partial charge < -0.3 is 14.6 Å². The van der Waals surface area contributed by atoms with E-state index in [1.807, 2.05) is 0 Å². The van der Waals surface area contributed by atoms with Crippen LogP contribution in [0.15, 0.2) is 29.8 Å². The van der Waals surface area contributed by atoms with E-state index >= 15 is 0 Å². The lowest BCUT2D eigenvalue weighted by Gasteiger charge is -2.07. The van der Waals surface area contributed by atoms with Crippen LogP contribution < -0.4 is 0 Å². The summed E-state index contributed by atoms with van der Waals surface area (Å²) in [5.41, 5.74) is -0.843. The van der Waals surface area contributed by atoms with Gasteiger partial charge in [0.25, 0.3) is 5.69 Å². The highest BCUT2D eigenvalue weighted by Crippen LogP contribution is 2.21. The van der Waals surface area contributed by atoms with Crippen LogP contribution in [0.5, 0.6) is 0 Å². The monoisotopic (exact) mass is 281 g/mol. The van der Waals surface area contributed by atoms with Crippen LogP contribution in [0.25, 0.3) is 5.76 Å². The van der Waals surface area contributed by atoms with Gasteiger partial charge in [0.15, 0.2) is 5.57 Å². The molecule has 0 saturated heterocycles. The molecule has 0 aliphatic rings. The molecule has 0 radical (unpaired) electrons. The molecule has 0 aromatic heterocycles. The van der Waals surface area contributed by atoms with Crippen LogP contribution in [0, 0.1) is 10.1 Å². The number of non-ortho nitro benzene ring substituents is 1. The normalized spacial score (nSPS) is 9.50. The molecular formula is C12H11NO7. The second kappa shape index (κ2) is 6.32. The highest BCUT2D eigenvalue weighted by molar-refractivity contribution is 6.19. The predicted molar refractivity (Wildman–Crippen MR) is 66.7 cm³/mol. The van der Waals surface area contributed by atoms with Crippen molar-refractivity contribution in [3.63, 3.8) is 0 Å². The maximum absolute atomic E-state index is 11.5. The molecule has 1 aromatic carbocycles. The molecule has 0 atom stereocenters. The summed E-state index contributed by atoms with van der Waals surface area (Å²) in [4.78, 5) is 32.8. The number of nitrogens with zero attached hydrogens (tertiary/aromatic N) is 1. The van der Waals surface area contributed by atoms with Gasteiger partial charge in [0.2, 0.25) is 0 Å². The van der Waals surface area contributed by atoms with Crippen LogP contribution in [0.4, 0.5) is 5.69 Å². The fraction of sp³-hybridized carbons (Fsp3) is 0.167. The van der Waals surface area contributed by atoms with Crippen molar-refractivity contribution in [2.75, 3.05) is 14.2 Å². The average molecular weight is 281 g/mol. The van der Waals surface area contributed by atoms with Crippen LogP contribution in [0.3, 0.4) is 0 Å². The number of nitro groups is 1. The number of benzene rings is 1. The lowest BCUT2D eigenvalue weighted by atomic mass is 10.1. The summed E-state index contributed by atoms with van der Waals surface area (Å²) in [7, 11) is 2.07. The first-order valence-corrected chi connectivity index (χ1v) is 5.27. The van der Waals surface area contributed by atoms with Crippen molar-refractivity contribution in [3.8, 4) is 0 Å². The van der Waals surface area contributed by atoms with Crippen molar-refractivity contribution in [1.29, 1.82) is 0 Å². The molecule has 8 nitrogen and oxygen atoms in total. The summed E-state index contributed by atoms with van der Waals surface area (Å²) in [6, 6.07) is 4.63. The van der Waals surface area contributed by atoms with E-state index in [4.69, 9.17) is 0 Å². The second-order valence-electron chi connectivity index (χ2n) is 3.51. The van der Waals surface area contributed by atoms with Crippen molar-refractivity contribution in [1.82, 2.24) is 0 Å². The van der Waals surface area contributed by atoms with E-state index in [0.717, 1.165) is 26.4 Å². The summed E-state index contributed by atoms with van der Waals surface area (Å²) in [6.45, 7) is 0. The van der Waals surface area contributed by atoms with Gasteiger partial charge in [0.05, 0.1) is 19.1 Å². The lowest BCUT2D eigenvalue weighted by molar-refractivity contribution is -0.384. The van der Waals surface area contributed by atoms with Gasteiger partial charge in [-0.3, -0.25) is 10.1 Å². The number of methoxy groups -OCH3 is 2. The minimum Gasteiger partial charge on any atom is -0.506 e. The first kappa shape index (κ1) is 15.2. The average Bonchev–Trinajstić information content (AvgIpc) is 2.46. The van der Waals surface area contributed by atoms with Crippen molar-refractivity contribution < 1.29 is 29.1 Å². The summed E-state index contributed by atoms with van der Waals surface area (Å²) in [5, 5.41) is 20.4. The molecule has 1 rings (SSSR count).